The minimum Gasteiger partial charge on any atom is -0.423 e. The number of thiophene rings is 4. The van der Waals surface area contributed by atoms with E-state index in [0.717, 1.165) is 20.1 Å². The van der Waals surface area contributed by atoms with E-state index in [1.54, 1.807) is 11.3 Å². The molecule has 12 aromatic rings. The first kappa shape index (κ1) is 49.8. The Morgan fingerprint density at radius 2 is 0.781 bits per heavy atom. The number of halogens is 1. The smallest absolute Gasteiger partial charge is 0.423 e. The van der Waals surface area contributed by atoms with Crippen LogP contribution in [0.5, 0.6) is 0 Å². The van der Waals surface area contributed by atoms with Gasteiger partial charge < -0.3 is 10.0 Å². The van der Waals surface area contributed by atoms with Gasteiger partial charge >= 0.3 is 7.12 Å². The zero-order valence-electron chi connectivity index (χ0n) is 35.4. The first-order valence-electron chi connectivity index (χ1n) is 20.1. The lowest BCUT2D eigenvalue weighted by molar-refractivity contribution is 0.426. The van der Waals surface area contributed by atoms with Crippen molar-refractivity contribution in [1.82, 2.24) is 0 Å². The molecular weight excluding hydrogens is 980 g/mol. The SMILES string of the molecule is Brc1ccc2sc3ccccc3c2c1.C.Cc1cc(B(O)O)c2sc3ccccc3c2c1.Cc1cc(C)c2sc3ccccc3c2c1.Cc1ccc2sc3ccccc3c2c1.P.PP. The van der Waals surface area contributed by atoms with E-state index in [9.17, 15) is 10.0 Å². The fourth-order valence-corrected chi connectivity index (χ4v) is 12.8. The van der Waals surface area contributed by atoms with Gasteiger partial charge in [-0.05, 0) is 93.9 Å². The highest BCUT2D eigenvalue weighted by molar-refractivity contribution is 9.10. The number of hydrogen-bond acceptors (Lipinski definition) is 6. The Kier molecular flexibility index (Phi) is 17.3. The van der Waals surface area contributed by atoms with Gasteiger partial charge in [-0.2, -0.15) is 9.90 Å². The van der Waals surface area contributed by atoms with Crippen LogP contribution in [0.25, 0.3) is 80.7 Å². The molecule has 11 heteroatoms. The molecule has 2 N–H and O–H groups in total. The maximum Gasteiger partial charge on any atom is 0.489 e. The summed E-state index contributed by atoms with van der Waals surface area (Å²) in [7, 11) is 3.26. The molecule has 0 saturated carbocycles. The van der Waals surface area contributed by atoms with Crippen molar-refractivity contribution < 1.29 is 10.0 Å². The quantitative estimate of drug-likeness (QED) is 0.127. The molecule has 0 saturated heterocycles. The van der Waals surface area contributed by atoms with Crippen molar-refractivity contribution in [3.8, 4) is 0 Å². The standard InChI is InChI=1S/C14H12S.C13H11BO2S.C13H10S.C12H7BrS.CH4.H4P2.H3P/c1-9-7-10(2)14-12(8-9)11-5-3-4-6-13(11)15-14;1-8-6-10-9-4-2-3-5-12(9)17-13(10)11(7-8)14(15)16;1-9-6-7-13-11(8-9)10-4-2-3-5-12(10)14-13;13-8-5-6-12-10(7-8)9-3-1-2-4-11(9)14-12;;1-2;/h3-8H,1-2H3;2-7,15-16H,1H3;2-8H,1H3;1-7H;1H4;1-2H2;1H3. The molecule has 4 heterocycles. The predicted octanol–water partition coefficient (Wildman–Crippen LogP) is 17.2. The van der Waals surface area contributed by atoms with E-state index in [1.807, 2.05) is 59.1 Å². The molecule has 0 radical (unpaired) electrons. The average Bonchev–Trinajstić information content (AvgIpc) is 4.05. The second-order valence-corrected chi connectivity index (χ2v) is 20.3. The Morgan fingerprint density at radius 1 is 0.406 bits per heavy atom. The molecule has 12 rings (SSSR count). The molecule has 0 spiro atoms. The monoisotopic (exact) mass is 1030 g/mol. The molecule has 0 aliphatic heterocycles. The van der Waals surface area contributed by atoms with E-state index >= 15 is 0 Å². The van der Waals surface area contributed by atoms with Gasteiger partial charge in [0.05, 0.1) is 0 Å². The number of rotatable bonds is 1. The van der Waals surface area contributed by atoms with Crippen molar-refractivity contribution >= 4 is 182 Å². The van der Waals surface area contributed by atoms with E-state index in [4.69, 9.17) is 0 Å². The molecule has 0 aliphatic rings. The molecule has 3 atom stereocenters. The summed E-state index contributed by atoms with van der Waals surface area (Å²) in [6, 6.07) is 55.5. The van der Waals surface area contributed by atoms with Crippen molar-refractivity contribution in [3.63, 3.8) is 0 Å². The minimum absolute atomic E-state index is 0. The molecule has 0 amide bonds. The lowest BCUT2D eigenvalue weighted by Crippen LogP contribution is -2.30. The van der Waals surface area contributed by atoms with E-state index < -0.39 is 7.12 Å². The predicted molar refractivity (Wildman–Crippen MR) is 311 cm³/mol. The van der Waals surface area contributed by atoms with Gasteiger partial charge in [0.15, 0.2) is 0 Å². The van der Waals surface area contributed by atoms with E-state index in [2.05, 4.69) is 194 Å². The number of hydrogen-bond donors (Lipinski definition) is 2. The molecular formula is C53H51BBrO2P3S4. The van der Waals surface area contributed by atoms with E-state index in [-0.39, 0.29) is 17.3 Å². The third-order valence-electron chi connectivity index (χ3n) is 10.6. The van der Waals surface area contributed by atoms with Crippen molar-refractivity contribution in [2.45, 2.75) is 35.1 Å². The molecule has 0 aliphatic carbocycles. The van der Waals surface area contributed by atoms with Crippen LogP contribution < -0.4 is 5.46 Å². The molecule has 2 nitrogen and oxygen atoms in total. The fourth-order valence-electron chi connectivity index (χ4n) is 7.91. The largest absolute Gasteiger partial charge is 0.489 e. The van der Waals surface area contributed by atoms with Crippen molar-refractivity contribution in [2.75, 3.05) is 0 Å². The van der Waals surface area contributed by atoms with Gasteiger partial charge in [-0.25, -0.2) is 0 Å². The average molecular weight is 1030 g/mol. The van der Waals surface area contributed by atoms with Crippen LogP contribution in [-0.2, 0) is 0 Å². The van der Waals surface area contributed by atoms with Gasteiger partial charge in [0, 0.05) is 90.6 Å². The summed E-state index contributed by atoms with van der Waals surface area (Å²) in [5, 5.41) is 29.4. The van der Waals surface area contributed by atoms with Crippen LogP contribution in [0.15, 0.2) is 162 Å². The van der Waals surface area contributed by atoms with Gasteiger partial charge in [0.25, 0.3) is 0 Å². The highest BCUT2D eigenvalue weighted by Crippen LogP contribution is 2.38. The second-order valence-electron chi connectivity index (χ2n) is 15.1. The summed E-state index contributed by atoms with van der Waals surface area (Å²) in [4.78, 5) is 0. The molecule has 324 valence electrons. The molecule has 4 aromatic heterocycles. The molecule has 3 unspecified atom stereocenters. The summed E-state index contributed by atoms with van der Waals surface area (Å²) in [5.41, 5.74) is 5.72. The third-order valence-corrected chi connectivity index (χ3v) is 16.0. The van der Waals surface area contributed by atoms with Gasteiger partial charge in [0.1, 0.15) is 0 Å². The first-order valence-corrected chi connectivity index (χ1v) is 26.8. The van der Waals surface area contributed by atoms with Crippen molar-refractivity contribution in [3.05, 3.63) is 184 Å². The summed E-state index contributed by atoms with van der Waals surface area (Å²) < 4.78 is 11.6. The lowest BCUT2D eigenvalue weighted by atomic mass is 9.79. The normalized spacial score (nSPS) is 10.6. The number of aryl methyl sites for hydroxylation is 4. The number of benzene rings is 8. The van der Waals surface area contributed by atoms with Crippen LogP contribution in [0.2, 0.25) is 0 Å². The Bertz CT molecular complexity index is 3410. The van der Waals surface area contributed by atoms with Crippen molar-refractivity contribution in [2.24, 2.45) is 0 Å². The highest BCUT2D eigenvalue weighted by Gasteiger charge is 2.18. The lowest BCUT2D eigenvalue weighted by Gasteiger charge is -2.03. The molecule has 0 fully saturated rings. The van der Waals surface area contributed by atoms with Gasteiger partial charge in [-0.15, -0.1) is 63.2 Å². The Balaban J connectivity index is 0.000000139. The van der Waals surface area contributed by atoms with Crippen LogP contribution in [0.1, 0.15) is 29.7 Å². The molecule has 8 aromatic carbocycles. The second kappa shape index (κ2) is 22.3. The van der Waals surface area contributed by atoms with Crippen LogP contribution in [-0.4, -0.2) is 17.2 Å². The van der Waals surface area contributed by atoms with E-state index in [1.165, 1.54) is 87.3 Å². The van der Waals surface area contributed by atoms with E-state index in [0.29, 0.717) is 5.46 Å². The topological polar surface area (TPSA) is 40.5 Å². The third kappa shape index (κ3) is 10.7. The first-order chi connectivity index (χ1) is 30.1. The summed E-state index contributed by atoms with van der Waals surface area (Å²) >= 11 is 10.7. The highest BCUT2D eigenvalue weighted by atomic mass is 79.9. The Labute approximate surface area is 408 Å². The van der Waals surface area contributed by atoms with Gasteiger partial charge in [-0.3, -0.25) is 0 Å². The molecule has 64 heavy (non-hydrogen) atoms. The van der Waals surface area contributed by atoms with Crippen molar-refractivity contribution in [1.29, 1.82) is 0 Å². The Morgan fingerprint density at radius 3 is 1.30 bits per heavy atom. The maximum atomic E-state index is 9.43. The van der Waals surface area contributed by atoms with Crippen LogP contribution in [0.4, 0.5) is 0 Å². The zero-order valence-corrected chi connectivity index (χ0v) is 43.9. The summed E-state index contributed by atoms with van der Waals surface area (Å²) in [6.07, 6.45) is 0. The van der Waals surface area contributed by atoms with Gasteiger partial charge in [-0.1, -0.05) is 137 Å². The summed E-state index contributed by atoms with van der Waals surface area (Å²) in [6.45, 7) is 8.48. The zero-order chi connectivity index (χ0) is 43.5. The van der Waals surface area contributed by atoms with Crippen LogP contribution in [0, 0.1) is 27.7 Å². The minimum atomic E-state index is -1.41. The number of fused-ring (bicyclic) bond motifs is 12. The molecule has 0 bridgehead atoms. The van der Waals surface area contributed by atoms with Crippen LogP contribution in [0.3, 0.4) is 0 Å². The van der Waals surface area contributed by atoms with Gasteiger partial charge in [0.2, 0.25) is 0 Å². The Hall–Kier alpha value is -3.61. The fraction of sp³-hybridized carbons (Fsp3) is 0.0943. The maximum absolute atomic E-state index is 9.43. The summed E-state index contributed by atoms with van der Waals surface area (Å²) in [5.74, 6) is 0. The van der Waals surface area contributed by atoms with Crippen LogP contribution >= 0.6 is 89.0 Å².